The number of halogens is 2. The molecule has 0 aliphatic carbocycles. The van der Waals surface area contributed by atoms with Gasteiger partial charge in [0, 0.05) is 24.0 Å². The molecule has 0 saturated carbocycles. The zero-order valence-corrected chi connectivity index (χ0v) is 15.3. The average molecular weight is 366 g/mol. The van der Waals surface area contributed by atoms with Gasteiger partial charge in [0.25, 0.3) is 0 Å². The fraction of sp³-hybridized carbons (Fsp3) is 0.389. The third-order valence-electron chi connectivity index (χ3n) is 4.69. The molecule has 1 amide bonds. The maximum Gasteiger partial charge on any atom is 0.241 e. The molecule has 0 radical (unpaired) electrons. The van der Waals surface area contributed by atoms with Gasteiger partial charge in [-0.25, -0.2) is 0 Å². The molecule has 1 aromatic heterocycles. The molecule has 1 saturated heterocycles. The molecule has 0 bridgehead atoms. The van der Waals surface area contributed by atoms with Crippen molar-refractivity contribution in [1.82, 2.24) is 9.47 Å². The van der Waals surface area contributed by atoms with Gasteiger partial charge in [0.2, 0.25) is 5.91 Å². The van der Waals surface area contributed by atoms with Crippen LogP contribution in [0.1, 0.15) is 31.5 Å². The summed E-state index contributed by atoms with van der Waals surface area (Å²) in [5, 5.41) is 3.91. The number of amides is 1. The Kier molecular flexibility index (Phi) is 5.18. The van der Waals surface area contributed by atoms with Gasteiger partial charge in [-0.05, 0) is 56.6 Å². The minimum atomic E-state index is -0.237. The van der Waals surface area contributed by atoms with Gasteiger partial charge < -0.3 is 9.88 Å². The molecule has 6 heteroatoms. The number of carbonyl (C=O) groups excluding carboxylic acids is 1. The standard InChI is InChI=1S/C18H21Cl2N3O/c1-12(18(24)21-15-8-7-13(19)11-14(15)20)23-10-4-6-17(23)16-5-3-9-22(16)2/h3,5,7-9,11-12,17H,4,6,10H2,1-2H3,(H,21,24)/t12-,17+/m0/s1. The summed E-state index contributed by atoms with van der Waals surface area (Å²) in [5.74, 6) is -0.0552. The van der Waals surface area contributed by atoms with Crippen LogP contribution in [0.4, 0.5) is 5.69 Å². The highest BCUT2D eigenvalue weighted by Gasteiger charge is 2.34. The minimum absolute atomic E-state index is 0.0552. The van der Waals surface area contributed by atoms with Gasteiger partial charge in [-0.3, -0.25) is 9.69 Å². The van der Waals surface area contributed by atoms with E-state index in [4.69, 9.17) is 23.2 Å². The molecule has 2 aromatic rings. The monoisotopic (exact) mass is 365 g/mol. The van der Waals surface area contributed by atoms with Crippen LogP contribution in [-0.4, -0.2) is 28.0 Å². The fourth-order valence-corrected chi connectivity index (χ4v) is 3.83. The predicted molar refractivity (Wildman–Crippen MR) is 98.6 cm³/mol. The van der Waals surface area contributed by atoms with Crippen molar-refractivity contribution in [3.05, 3.63) is 52.3 Å². The van der Waals surface area contributed by atoms with Crippen LogP contribution in [0.3, 0.4) is 0 Å². The second kappa shape index (κ2) is 7.18. The summed E-state index contributed by atoms with van der Waals surface area (Å²) in [4.78, 5) is 14.9. The van der Waals surface area contributed by atoms with E-state index in [-0.39, 0.29) is 18.0 Å². The van der Waals surface area contributed by atoms with Gasteiger partial charge in [-0.1, -0.05) is 23.2 Å². The van der Waals surface area contributed by atoms with Gasteiger partial charge in [-0.2, -0.15) is 0 Å². The van der Waals surface area contributed by atoms with Crippen molar-refractivity contribution in [3.8, 4) is 0 Å². The number of likely N-dealkylation sites (tertiary alicyclic amines) is 1. The molecular weight excluding hydrogens is 345 g/mol. The summed E-state index contributed by atoms with van der Waals surface area (Å²) < 4.78 is 2.13. The van der Waals surface area contributed by atoms with Crippen molar-refractivity contribution in [2.75, 3.05) is 11.9 Å². The SMILES string of the molecule is C[C@@H](C(=O)Nc1ccc(Cl)cc1Cl)N1CCC[C@@H]1c1cccn1C. The van der Waals surface area contributed by atoms with E-state index in [0.717, 1.165) is 19.4 Å². The quantitative estimate of drug-likeness (QED) is 0.865. The molecule has 2 heterocycles. The molecule has 128 valence electrons. The number of benzene rings is 1. The molecular formula is C18H21Cl2N3O. The molecule has 3 rings (SSSR count). The molecule has 4 nitrogen and oxygen atoms in total. The largest absolute Gasteiger partial charge is 0.353 e. The minimum Gasteiger partial charge on any atom is -0.353 e. The van der Waals surface area contributed by atoms with Crippen LogP contribution in [0.5, 0.6) is 0 Å². The van der Waals surface area contributed by atoms with Crippen molar-refractivity contribution in [2.24, 2.45) is 7.05 Å². The average Bonchev–Trinajstić information content (AvgIpc) is 3.17. The number of anilines is 1. The lowest BCUT2D eigenvalue weighted by Crippen LogP contribution is -2.42. The van der Waals surface area contributed by atoms with Crippen molar-refractivity contribution in [3.63, 3.8) is 0 Å². The lowest BCUT2D eigenvalue weighted by atomic mass is 10.1. The van der Waals surface area contributed by atoms with E-state index < -0.39 is 0 Å². The summed E-state index contributed by atoms with van der Waals surface area (Å²) in [6.45, 7) is 2.86. The van der Waals surface area contributed by atoms with Crippen LogP contribution in [0.2, 0.25) is 10.0 Å². The predicted octanol–water partition coefficient (Wildman–Crippen LogP) is 4.50. The molecule has 0 spiro atoms. The van der Waals surface area contributed by atoms with Gasteiger partial charge in [-0.15, -0.1) is 0 Å². The van der Waals surface area contributed by atoms with Crippen LogP contribution in [0.15, 0.2) is 36.5 Å². The second-order valence-corrected chi connectivity index (χ2v) is 7.07. The number of rotatable bonds is 4. The van der Waals surface area contributed by atoms with Crippen LogP contribution in [0.25, 0.3) is 0 Å². The van der Waals surface area contributed by atoms with E-state index in [1.165, 1.54) is 5.69 Å². The first kappa shape index (κ1) is 17.3. The smallest absolute Gasteiger partial charge is 0.241 e. The van der Waals surface area contributed by atoms with Gasteiger partial charge in [0.05, 0.1) is 22.8 Å². The van der Waals surface area contributed by atoms with Crippen molar-refractivity contribution >= 4 is 34.8 Å². The second-order valence-electron chi connectivity index (χ2n) is 6.23. The first-order valence-electron chi connectivity index (χ1n) is 8.10. The summed E-state index contributed by atoms with van der Waals surface area (Å²) >= 11 is 12.1. The Bertz CT molecular complexity index is 744. The zero-order valence-electron chi connectivity index (χ0n) is 13.8. The highest BCUT2D eigenvalue weighted by atomic mass is 35.5. The van der Waals surface area contributed by atoms with E-state index >= 15 is 0 Å². The number of carbonyl (C=O) groups is 1. The van der Waals surface area contributed by atoms with E-state index in [0.29, 0.717) is 15.7 Å². The summed E-state index contributed by atoms with van der Waals surface area (Å²) in [6.07, 6.45) is 4.20. The highest BCUT2D eigenvalue weighted by Crippen LogP contribution is 2.34. The molecule has 1 aromatic carbocycles. The number of hydrogen-bond acceptors (Lipinski definition) is 2. The third kappa shape index (κ3) is 3.46. The van der Waals surface area contributed by atoms with Gasteiger partial charge in [0.15, 0.2) is 0 Å². The molecule has 1 N–H and O–H groups in total. The topological polar surface area (TPSA) is 37.3 Å². The number of nitrogens with zero attached hydrogens (tertiary/aromatic N) is 2. The number of nitrogens with one attached hydrogen (secondary N) is 1. The molecule has 24 heavy (non-hydrogen) atoms. The number of aryl methyl sites for hydroxylation is 1. The van der Waals surface area contributed by atoms with Crippen LogP contribution < -0.4 is 5.32 Å². The van der Waals surface area contributed by atoms with Crippen LogP contribution in [-0.2, 0) is 11.8 Å². The van der Waals surface area contributed by atoms with E-state index in [9.17, 15) is 4.79 Å². The summed E-state index contributed by atoms with van der Waals surface area (Å²) in [7, 11) is 2.05. The number of hydrogen-bond donors (Lipinski definition) is 1. The van der Waals surface area contributed by atoms with Crippen molar-refractivity contribution < 1.29 is 4.79 Å². The van der Waals surface area contributed by atoms with E-state index in [1.807, 2.05) is 26.2 Å². The maximum atomic E-state index is 12.7. The maximum absolute atomic E-state index is 12.7. The summed E-state index contributed by atoms with van der Waals surface area (Å²) in [6, 6.07) is 9.29. The molecule has 1 fully saturated rings. The molecule has 2 atom stereocenters. The lowest BCUT2D eigenvalue weighted by Gasteiger charge is -2.30. The Hall–Kier alpha value is -1.49. The molecule has 1 aliphatic heterocycles. The fourth-order valence-electron chi connectivity index (χ4n) is 3.37. The lowest BCUT2D eigenvalue weighted by molar-refractivity contribution is -0.121. The van der Waals surface area contributed by atoms with Crippen molar-refractivity contribution in [2.45, 2.75) is 31.8 Å². The van der Waals surface area contributed by atoms with Crippen LogP contribution >= 0.6 is 23.2 Å². The Balaban J connectivity index is 1.74. The molecule has 1 aliphatic rings. The van der Waals surface area contributed by atoms with Gasteiger partial charge in [0.1, 0.15) is 0 Å². The molecule has 0 unspecified atom stereocenters. The third-order valence-corrected chi connectivity index (χ3v) is 5.23. The van der Waals surface area contributed by atoms with Crippen molar-refractivity contribution in [1.29, 1.82) is 0 Å². The van der Waals surface area contributed by atoms with E-state index in [1.54, 1.807) is 18.2 Å². The van der Waals surface area contributed by atoms with E-state index in [2.05, 4.69) is 20.9 Å². The highest BCUT2D eigenvalue weighted by molar-refractivity contribution is 6.36. The normalized spacial score (nSPS) is 19.4. The zero-order chi connectivity index (χ0) is 17.3. The first-order chi connectivity index (χ1) is 11.5. The first-order valence-corrected chi connectivity index (χ1v) is 8.86. The Morgan fingerprint density at radius 1 is 1.33 bits per heavy atom. The Labute approximate surface area is 152 Å². The van der Waals surface area contributed by atoms with Gasteiger partial charge >= 0.3 is 0 Å². The van der Waals surface area contributed by atoms with Crippen LogP contribution in [0, 0.1) is 0 Å². The Morgan fingerprint density at radius 2 is 2.12 bits per heavy atom. The number of aromatic nitrogens is 1. The summed E-state index contributed by atoms with van der Waals surface area (Å²) in [5.41, 5.74) is 1.84. The Morgan fingerprint density at radius 3 is 2.79 bits per heavy atom.